The van der Waals surface area contributed by atoms with Crippen LogP contribution in [0.4, 0.5) is 11.4 Å². The molecule has 0 radical (unpaired) electrons. The number of aryl methyl sites for hydroxylation is 1. The third-order valence-electron chi connectivity index (χ3n) is 3.35. The number of nitrogens with one attached hydrogen (secondary N) is 2. The average Bonchev–Trinajstić information content (AvgIpc) is 2.56. The topological polar surface area (TPSA) is 84.5 Å². The lowest BCUT2D eigenvalue weighted by molar-refractivity contribution is -0.123. The van der Waals surface area contributed by atoms with Crippen molar-refractivity contribution in [3.05, 3.63) is 58.6 Å². The van der Waals surface area contributed by atoms with Gasteiger partial charge in [0.2, 0.25) is 11.8 Å². The van der Waals surface area contributed by atoms with Crippen molar-refractivity contribution in [2.75, 3.05) is 17.7 Å². The Morgan fingerprint density at radius 3 is 2.44 bits per heavy atom. The highest BCUT2D eigenvalue weighted by Crippen LogP contribution is 2.19. The highest BCUT2D eigenvalue weighted by Gasteiger charge is 2.12. The fourth-order valence-electron chi connectivity index (χ4n) is 2.15. The van der Waals surface area contributed by atoms with Gasteiger partial charge in [-0.1, -0.05) is 17.7 Å². The van der Waals surface area contributed by atoms with Gasteiger partial charge in [-0.3, -0.25) is 9.59 Å². The second-order valence-electron chi connectivity index (χ2n) is 5.30. The Hall–Kier alpha value is -2.86. The zero-order valence-electron chi connectivity index (χ0n) is 13.8. The van der Waals surface area contributed by atoms with Crippen LogP contribution < -0.4 is 10.6 Å². The molecule has 0 atom stereocenters. The number of halogens is 1. The molecule has 0 fully saturated rings. The summed E-state index contributed by atoms with van der Waals surface area (Å²) in [5.74, 6) is -1.45. The Kier molecular flexibility index (Phi) is 6.14. The van der Waals surface area contributed by atoms with Crippen molar-refractivity contribution >= 4 is 40.8 Å². The first kappa shape index (κ1) is 18.5. The SMILES string of the molecule is COC(=O)c1cccc(NC(=O)CC(=O)Nc2ccc(Cl)cc2C)c1. The highest BCUT2D eigenvalue weighted by atomic mass is 35.5. The van der Waals surface area contributed by atoms with Gasteiger partial charge in [-0.2, -0.15) is 0 Å². The lowest BCUT2D eigenvalue weighted by Crippen LogP contribution is -2.21. The molecule has 0 saturated carbocycles. The highest BCUT2D eigenvalue weighted by molar-refractivity contribution is 6.30. The van der Waals surface area contributed by atoms with E-state index in [4.69, 9.17) is 11.6 Å². The van der Waals surface area contributed by atoms with Crippen LogP contribution >= 0.6 is 11.6 Å². The molecule has 0 unspecified atom stereocenters. The summed E-state index contributed by atoms with van der Waals surface area (Å²) in [7, 11) is 1.27. The van der Waals surface area contributed by atoms with E-state index in [2.05, 4.69) is 15.4 Å². The molecule has 0 aliphatic heterocycles. The van der Waals surface area contributed by atoms with Crippen molar-refractivity contribution in [2.45, 2.75) is 13.3 Å². The summed E-state index contributed by atoms with van der Waals surface area (Å²) in [6.45, 7) is 1.81. The molecule has 2 amide bonds. The molecular weight excluding hydrogens is 344 g/mol. The van der Waals surface area contributed by atoms with Crippen molar-refractivity contribution in [1.29, 1.82) is 0 Å². The number of ether oxygens (including phenoxy) is 1. The number of carbonyl (C=O) groups is 3. The van der Waals surface area contributed by atoms with E-state index in [0.29, 0.717) is 22.0 Å². The minimum absolute atomic E-state index is 0.307. The first-order valence-corrected chi connectivity index (χ1v) is 7.81. The predicted molar refractivity (Wildman–Crippen MR) is 95.8 cm³/mol. The first-order valence-electron chi connectivity index (χ1n) is 7.43. The Bertz CT molecular complexity index is 820. The van der Waals surface area contributed by atoms with Gasteiger partial charge < -0.3 is 15.4 Å². The molecule has 0 spiro atoms. The lowest BCUT2D eigenvalue weighted by atomic mass is 10.2. The Morgan fingerprint density at radius 2 is 1.76 bits per heavy atom. The van der Waals surface area contributed by atoms with Gasteiger partial charge in [0, 0.05) is 16.4 Å². The van der Waals surface area contributed by atoms with Gasteiger partial charge in [0.25, 0.3) is 0 Å². The number of hydrogen-bond donors (Lipinski definition) is 2. The van der Waals surface area contributed by atoms with Gasteiger partial charge in [-0.05, 0) is 48.9 Å². The Balaban J connectivity index is 1.95. The molecule has 25 heavy (non-hydrogen) atoms. The van der Waals surface area contributed by atoms with Crippen molar-refractivity contribution < 1.29 is 19.1 Å². The number of hydrogen-bond acceptors (Lipinski definition) is 4. The second-order valence-corrected chi connectivity index (χ2v) is 5.74. The minimum atomic E-state index is -0.507. The van der Waals surface area contributed by atoms with E-state index in [1.165, 1.54) is 13.2 Å². The van der Waals surface area contributed by atoms with Crippen LogP contribution in [0.1, 0.15) is 22.3 Å². The number of amides is 2. The lowest BCUT2D eigenvalue weighted by Gasteiger charge is -2.09. The molecule has 7 heteroatoms. The average molecular weight is 361 g/mol. The molecule has 2 aromatic rings. The summed E-state index contributed by atoms with van der Waals surface area (Å²) in [5.41, 5.74) is 2.10. The number of rotatable bonds is 5. The smallest absolute Gasteiger partial charge is 0.337 e. The second kappa shape index (κ2) is 8.30. The first-order chi connectivity index (χ1) is 11.9. The third-order valence-corrected chi connectivity index (χ3v) is 3.59. The van der Waals surface area contributed by atoms with Crippen LogP contribution in [0.25, 0.3) is 0 Å². The molecule has 2 N–H and O–H groups in total. The van der Waals surface area contributed by atoms with Gasteiger partial charge in [-0.25, -0.2) is 4.79 Å². The van der Waals surface area contributed by atoms with Crippen LogP contribution in [0.15, 0.2) is 42.5 Å². The molecule has 0 aliphatic rings. The van der Waals surface area contributed by atoms with Crippen LogP contribution in [-0.2, 0) is 14.3 Å². The van der Waals surface area contributed by atoms with E-state index in [0.717, 1.165) is 5.56 Å². The third kappa shape index (κ3) is 5.32. The number of anilines is 2. The Morgan fingerprint density at radius 1 is 1.04 bits per heavy atom. The van der Waals surface area contributed by atoms with Crippen molar-refractivity contribution in [2.24, 2.45) is 0 Å². The van der Waals surface area contributed by atoms with Crippen LogP contribution in [0.5, 0.6) is 0 Å². The van der Waals surface area contributed by atoms with Crippen LogP contribution in [0.2, 0.25) is 5.02 Å². The quantitative estimate of drug-likeness (QED) is 0.632. The fourth-order valence-corrected chi connectivity index (χ4v) is 2.38. The van der Waals surface area contributed by atoms with Crippen molar-refractivity contribution in [3.8, 4) is 0 Å². The van der Waals surface area contributed by atoms with E-state index in [1.54, 1.807) is 43.3 Å². The molecule has 130 valence electrons. The molecule has 0 saturated heterocycles. The number of esters is 1. The zero-order chi connectivity index (χ0) is 18.4. The maximum atomic E-state index is 12.0. The van der Waals surface area contributed by atoms with E-state index in [9.17, 15) is 14.4 Å². The predicted octanol–water partition coefficient (Wildman–Crippen LogP) is 3.40. The maximum absolute atomic E-state index is 12.0. The van der Waals surface area contributed by atoms with E-state index < -0.39 is 17.8 Å². The largest absolute Gasteiger partial charge is 0.465 e. The molecule has 6 nitrogen and oxygen atoms in total. The monoisotopic (exact) mass is 360 g/mol. The number of carbonyl (C=O) groups excluding carboxylic acids is 3. The summed E-state index contributed by atoms with van der Waals surface area (Å²) in [6.07, 6.45) is -0.357. The minimum Gasteiger partial charge on any atom is -0.465 e. The summed E-state index contributed by atoms with van der Waals surface area (Å²) in [6, 6.07) is 11.3. The molecule has 0 heterocycles. The molecule has 0 aromatic heterocycles. The Labute approximate surface area is 150 Å². The van der Waals surface area contributed by atoms with Gasteiger partial charge in [0.1, 0.15) is 6.42 Å². The van der Waals surface area contributed by atoms with Gasteiger partial charge in [-0.15, -0.1) is 0 Å². The van der Waals surface area contributed by atoms with Crippen LogP contribution in [0, 0.1) is 6.92 Å². The summed E-state index contributed by atoms with van der Waals surface area (Å²) >= 11 is 5.86. The van der Waals surface area contributed by atoms with Crippen LogP contribution in [-0.4, -0.2) is 24.9 Å². The van der Waals surface area contributed by atoms with Crippen LogP contribution in [0.3, 0.4) is 0 Å². The van der Waals surface area contributed by atoms with Crippen molar-refractivity contribution in [3.63, 3.8) is 0 Å². The van der Waals surface area contributed by atoms with E-state index >= 15 is 0 Å². The maximum Gasteiger partial charge on any atom is 0.337 e. The molecule has 2 rings (SSSR count). The molecule has 2 aromatic carbocycles. The summed E-state index contributed by atoms with van der Waals surface area (Å²) in [5, 5.41) is 5.80. The molecule has 0 aliphatic carbocycles. The van der Waals surface area contributed by atoms with Gasteiger partial charge in [0.05, 0.1) is 12.7 Å². The van der Waals surface area contributed by atoms with Crippen molar-refractivity contribution in [1.82, 2.24) is 0 Å². The van der Waals surface area contributed by atoms with E-state index in [1.807, 2.05) is 0 Å². The number of methoxy groups -OCH3 is 1. The summed E-state index contributed by atoms with van der Waals surface area (Å²) in [4.78, 5) is 35.5. The summed E-state index contributed by atoms with van der Waals surface area (Å²) < 4.78 is 4.62. The number of benzene rings is 2. The van der Waals surface area contributed by atoms with Gasteiger partial charge >= 0.3 is 5.97 Å². The standard InChI is InChI=1S/C18H17ClN2O4/c1-11-8-13(19)6-7-15(11)21-17(23)10-16(22)20-14-5-3-4-12(9-14)18(24)25-2/h3-9H,10H2,1-2H3,(H,20,22)(H,21,23). The fraction of sp³-hybridized carbons (Fsp3) is 0.167. The molecular formula is C18H17ClN2O4. The zero-order valence-corrected chi connectivity index (χ0v) is 14.5. The molecule has 0 bridgehead atoms. The van der Waals surface area contributed by atoms with E-state index in [-0.39, 0.29) is 6.42 Å². The van der Waals surface area contributed by atoms with Gasteiger partial charge in [0.15, 0.2) is 0 Å². The normalized spacial score (nSPS) is 10.0.